The maximum atomic E-state index is 10.6. The maximum absolute atomic E-state index is 10.6. The molecule has 0 saturated heterocycles. The summed E-state index contributed by atoms with van der Waals surface area (Å²) in [4.78, 5) is 14.9. The van der Waals surface area contributed by atoms with Gasteiger partial charge in [0.25, 0.3) is 0 Å². The smallest absolute Gasteiger partial charge is 0.449 e. The number of hydrogen-bond donors (Lipinski definition) is 1. The third-order valence-electron chi connectivity index (χ3n) is 3.04. The molecule has 1 aromatic carbocycles. The van der Waals surface area contributed by atoms with Crippen molar-refractivity contribution in [3.63, 3.8) is 0 Å². The number of benzene rings is 1. The van der Waals surface area contributed by atoms with Crippen LogP contribution in [0.1, 0.15) is 30.7 Å². The largest absolute Gasteiger partial charge is 0.512 e. The molecule has 0 bridgehead atoms. The first-order chi connectivity index (χ1) is 10.4. The molecule has 2 rings (SSSR count). The van der Waals surface area contributed by atoms with E-state index in [0.29, 0.717) is 22.2 Å². The number of aromatic nitrogens is 1. The zero-order valence-electron chi connectivity index (χ0n) is 12.6. The highest BCUT2D eigenvalue weighted by Crippen LogP contribution is 2.34. The molecule has 1 N–H and O–H groups in total. The van der Waals surface area contributed by atoms with E-state index in [-0.39, 0.29) is 5.06 Å². The average molecular weight is 316 g/mol. The molecule has 1 heterocycles. The molecular weight excluding hydrogens is 300 g/mol. The first-order valence-corrected chi connectivity index (χ1v) is 7.64. The number of nitriles is 1. The summed E-state index contributed by atoms with van der Waals surface area (Å²) >= 11 is 1.16. The molecule has 0 unspecified atom stereocenters. The van der Waals surface area contributed by atoms with Gasteiger partial charge in [0, 0.05) is 5.56 Å². The lowest BCUT2D eigenvalue weighted by Crippen LogP contribution is -2.02. The fourth-order valence-corrected chi connectivity index (χ4v) is 3.02. The quantitative estimate of drug-likeness (QED) is 0.853. The second kappa shape index (κ2) is 6.58. The lowest BCUT2D eigenvalue weighted by molar-refractivity contribution is 0.145. The summed E-state index contributed by atoms with van der Waals surface area (Å²) in [6.07, 6.45) is -0.517. The summed E-state index contributed by atoms with van der Waals surface area (Å²) in [5.74, 6) is 0.468. The highest BCUT2D eigenvalue weighted by atomic mass is 32.1. The van der Waals surface area contributed by atoms with E-state index < -0.39 is 6.16 Å². The number of carboxylic acid groups (broad SMARTS) is 1. The van der Waals surface area contributed by atoms with Crippen LogP contribution in [0, 0.1) is 24.2 Å². The van der Waals surface area contributed by atoms with E-state index >= 15 is 0 Å². The fourth-order valence-electron chi connectivity index (χ4n) is 2.11. The lowest BCUT2D eigenvalue weighted by Gasteiger charge is -2.08. The Morgan fingerprint density at radius 2 is 2.23 bits per heavy atom. The molecule has 0 spiro atoms. The molecule has 0 radical (unpaired) electrons. The fraction of sp³-hybridized carbons (Fsp3) is 0.312. The van der Waals surface area contributed by atoms with Gasteiger partial charge in [-0.25, -0.2) is 9.78 Å². The molecule has 5 nitrogen and oxygen atoms in total. The number of carbonyl (C=O) groups is 1. The Bertz CT molecular complexity index is 744. The van der Waals surface area contributed by atoms with Crippen LogP contribution >= 0.6 is 11.3 Å². The van der Waals surface area contributed by atoms with E-state index in [9.17, 15) is 10.1 Å². The predicted octanol–water partition coefficient (Wildman–Crippen LogP) is 4.25. The van der Waals surface area contributed by atoms with Crippen molar-refractivity contribution in [3.8, 4) is 21.7 Å². The van der Waals surface area contributed by atoms with E-state index in [1.165, 1.54) is 0 Å². The van der Waals surface area contributed by atoms with Crippen LogP contribution in [-0.4, -0.2) is 16.2 Å². The van der Waals surface area contributed by atoms with Crippen molar-refractivity contribution < 1.29 is 14.6 Å². The summed E-state index contributed by atoms with van der Waals surface area (Å²) in [6.45, 7) is 5.90. The Hall–Kier alpha value is -2.39. The molecular formula is C16H16N2O3S. The van der Waals surface area contributed by atoms with Gasteiger partial charge in [0.15, 0.2) is 0 Å². The summed E-state index contributed by atoms with van der Waals surface area (Å²) in [5, 5.41) is 18.9. The highest BCUT2D eigenvalue weighted by molar-refractivity contribution is 7.17. The third-order valence-corrected chi connectivity index (χ3v) is 4.12. The Morgan fingerprint density at radius 1 is 1.50 bits per heavy atom. The Balaban J connectivity index is 2.37. The average Bonchev–Trinajstić information content (AvgIpc) is 2.79. The molecule has 0 aliphatic heterocycles. The molecule has 0 saturated carbocycles. The van der Waals surface area contributed by atoms with E-state index in [1.54, 1.807) is 13.0 Å². The number of thiazole rings is 1. The molecule has 0 amide bonds. The number of ether oxygens (including phenoxy) is 1. The summed E-state index contributed by atoms with van der Waals surface area (Å²) in [7, 11) is 0. The molecule has 114 valence electrons. The van der Waals surface area contributed by atoms with Crippen molar-refractivity contribution in [2.75, 3.05) is 0 Å². The van der Waals surface area contributed by atoms with Gasteiger partial charge in [-0.1, -0.05) is 37.3 Å². The summed E-state index contributed by atoms with van der Waals surface area (Å²) in [5.41, 5.74) is 2.95. The SMILES string of the molecule is Cc1nc(-c2ccc(CC(C)C)c(C#N)c2)sc1OC(=O)O. The van der Waals surface area contributed by atoms with Crippen LogP contribution in [0.4, 0.5) is 4.79 Å². The zero-order valence-corrected chi connectivity index (χ0v) is 13.4. The van der Waals surface area contributed by atoms with Gasteiger partial charge >= 0.3 is 6.16 Å². The zero-order chi connectivity index (χ0) is 16.3. The molecule has 1 aromatic heterocycles. The standard InChI is InChI=1S/C16H16N2O3S/c1-9(2)6-11-4-5-12(7-13(11)8-17)14-18-10(3)15(22-14)21-16(19)20/h4-5,7,9H,6H2,1-3H3,(H,19,20). The molecule has 0 fully saturated rings. The number of rotatable bonds is 4. The van der Waals surface area contributed by atoms with Crippen molar-refractivity contribution in [3.05, 3.63) is 35.0 Å². The predicted molar refractivity (Wildman–Crippen MR) is 84.2 cm³/mol. The molecule has 6 heteroatoms. The molecule has 2 aromatic rings. The van der Waals surface area contributed by atoms with Crippen LogP contribution in [0.15, 0.2) is 18.2 Å². The number of aryl methyl sites for hydroxylation is 1. The monoisotopic (exact) mass is 316 g/mol. The van der Waals surface area contributed by atoms with Gasteiger partial charge < -0.3 is 9.84 Å². The molecule has 0 aliphatic rings. The van der Waals surface area contributed by atoms with Crippen LogP contribution in [-0.2, 0) is 6.42 Å². The Morgan fingerprint density at radius 3 is 2.82 bits per heavy atom. The third kappa shape index (κ3) is 3.62. The topological polar surface area (TPSA) is 83.2 Å². The van der Waals surface area contributed by atoms with Gasteiger partial charge in [-0.3, -0.25) is 0 Å². The minimum Gasteiger partial charge on any atom is -0.449 e. The second-order valence-corrected chi connectivity index (χ2v) is 6.30. The van der Waals surface area contributed by atoms with Crippen LogP contribution in [0.3, 0.4) is 0 Å². The number of nitrogens with zero attached hydrogens (tertiary/aromatic N) is 2. The van der Waals surface area contributed by atoms with Crippen molar-refractivity contribution in [1.29, 1.82) is 5.26 Å². The van der Waals surface area contributed by atoms with Crippen molar-refractivity contribution in [2.24, 2.45) is 5.92 Å². The first kappa shape index (κ1) is 16.0. The first-order valence-electron chi connectivity index (χ1n) is 6.82. The van der Waals surface area contributed by atoms with Crippen LogP contribution in [0.25, 0.3) is 10.6 Å². The highest BCUT2D eigenvalue weighted by Gasteiger charge is 2.15. The molecule has 0 atom stereocenters. The van der Waals surface area contributed by atoms with Crippen LogP contribution in [0.5, 0.6) is 5.06 Å². The summed E-state index contributed by atoms with van der Waals surface area (Å²) in [6, 6.07) is 7.85. The lowest BCUT2D eigenvalue weighted by atomic mass is 9.97. The van der Waals surface area contributed by atoms with Gasteiger partial charge in [-0.15, -0.1) is 0 Å². The second-order valence-electron chi connectivity index (χ2n) is 5.34. The van der Waals surface area contributed by atoms with Crippen molar-refractivity contribution in [2.45, 2.75) is 27.2 Å². The van der Waals surface area contributed by atoms with E-state index in [1.807, 2.05) is 12.1 Å². The van der Waals surface area contributed by atoms with Gasteiger partial charge in [0.1, 0.15) is 5.01 Å². The maximum Gasteiger partial charge on any atom is 0.512 e. The van der Waals surface area contributed by atoms with Gasteiger partial charge in [-0.05, 0) is 30.9 Å². The van der Waals surface area contributed by atoms with Crippen molar-refractivity contribution in [1.82, 2.24) is 4.98 Å². The van der Waals surface area contributed by atoms with Gasteiger partial charge in [0.05, 0.1) is 17.3 Å². The van der Waals surface area contributed by atoms with E-state index in [4.69, 9.17) is 5.11 Å². The normalized spacial score (nSPS) is 10.5. The Labute approximate surface area is 132 Å². The Kier molecular flexibility index (Phi) is 4.78. The van der Waals surface area contributed by atoms with Crippen LogP contribution < -0.4 is 4.74 Å². The summed E-state index contributed by atoms with van der Waals surface area (Å²) < 4.78 is 4.69. The van der Waals surface area contributed by atoms with Crippen LogP contribution in [0.2, 0.25) is 0 Å². The minimum atomic E-state index is -1.36. The van der Waals surface area contributed by atoms with Gasteiger partial charge in [-0.2, -0.15) is 5.26 Å². The number of hydrogen-bond acceptors (Lipinski definition) is 5. The van der Waals surface area contributed by atoms with Gasteiger partial charge in [0.2, 0.25) is 5.06 Å². The molecule has 22 heavy (non-hydrogen) atoms. The molecule has 0 aliphatic carbocycles. The van der Waals surface area contributed by atoms with Crippen molar-refractivity contribution >= 4 is 17.5 Å². The minimum absolute atomic E-state index is 0.257. The van der Waals surface area contributed by atoms with E-state index in [2.05, 4.69) is 29.6 Å². The van der Waals surface area contributed by atoms with E-state index in [0.717, 1.165) is 28.9 Å².